The number of allylic oxidation sites excluding steroid dienone is 4. The second-order valence-corrected chi connectivity index (χ2v) is 5.09. The van der Waals surface area contributed by atoms with E-state index in [4.69, 9.17) is 0 Å². The highest BCUT2D eigenvalue weighted by Gasteiger charge is 2.14. The van der Waals surface area contributed by atoms with Crippen molar-refractivity contribution in [3.8, 4) is 0 Å². The van der Waals surface area contributed by atoms with E-state index in [0.29, 0.717) is 5.92 Å². The first-order valence-electron chi connectivity index (χ1n) is 4.89. The minimum Gasteiger partial charge on any atom is -0.0622 e. The van der Waals surface area contributed by atoms with Crippen LogP contribution in [0.1, 0.15) is 18.9 Å². The SMILES string of the molecule is C[C@H]1CC(I)=CC=C1c1ccccc1. The average molecular weight is 296 g/mol. The number of benzene rings is 1. The molecular formula is C13H13I. The molecule has 0 amide bonds. The summed E-state index contributed by atoms with van der Waals surface area (Å²) in [6.45, 7) is 2.30. The van der Waals surface area contributed by atoms with Crippen LogP contribution >= 0.6 is 22.6 Å². The Hall–Kier alpha value is -0.570. The fourth-order valence-corrected chi connectivity index (χ4v) is 2.67. The van der Waals surface area contributed by atoms with Crippen LogP contribution in [0.15, 0.2) is 46.1 Å². The van der Waals surface area contributed by atoms with Crippen LogP contribution in [0.3, 0.4) is 0 Å². The van der Waals surface area contributed by atoms with E-state index in [1.54, 1.807) is 0 Å². The Morgan fingerprint density at radius 1 is 1.14 bits per heavy atom. The summed E-state index contributed by atoms with van der Waals surface area (Å²) in [5.74, 6) is 0.648. The predicted molar refractivity (Wildman–Crippen MR) is 70.3 cm³/mol. The summed E-state index contributed by atoms with van der Waals surface area (Å²) >= 11 is 2.42. The molecule has 1 aliphatic rings. The van der Waals surface area contributed by atoms with Gasteiger partial charge in [0.1, 0.15) is 0 Å². The molecule has 0 fully saturated rings. The highest BCUT2D eigenvalue weighted by molar-refractivity contribution is 14.1. The maximum absolute atomic E-state index is 2.42. The third kappa shape index (κ3) is 2.08. The molecule has 0 radical (unpaired) electrons. The largest absolute Gasteiger partial charge is 0.0622 e. The maximum atomic E-state index is 2.42. The van der Waals surface area contributed by atoms with Gasteiger partial charge < -0.3 is 0 Å². The van der Waals surface area contributed by atoms with Crippen molar-refractivity contribution in [2.24, 2.45) is 5.92 Å². The van der Waals surface area contributed by atoms with Gasteiger partial charge in [0.15, 0.2) is 0 Å². The molecule has 1 heteroatoms. The zero-order valence-electron chi connectivity index (χ0n) is 8.20. The van der Waals surface area contributed by atoms with E-state index >= 15 is 0 Å². The van der Waals surface area contributed by atoms with E-state index in [1.165, 1.54) is 21.1 Å². The van der Waals surface area contributed by atoms with Crippen LogP contribution in [-0.2, 0) is 0 Å². The zero-order valence-corrected chi connectivity index (χ0v) is 10.4. The quantitative estimate of drug-likeness (QED) is 0.673. The van der Waals surface area contributed by atoms with Gasteiger partial charge in [-0.3, -0.25) is 0 Å². The lowest BCUT2D eigenvalue weighted by molar-refractivity contribution is 0.755. The molecule has 0 heterocycles. The minimum atomic E-state index is 0.648. The summed E-state index contributed by atoms with van der Waals surface area (Å²) in [6, 6.07) is 10.7. The molecule has 0 bridgehead atoms. The van der Waals surface area contributed by atoms with Crippen molar-refractivity contribution < 1.29 is 0 Å². The molecular weight excluding hydrogens is 283 g/mol. The molecule has 0 unspecified atom stereocenters. The first-order valence-corrected chi connectivity index (χ1v) is 5.97. The van der Waals surface area contributed by atoms with E-state index in [2.05, 4.69) is 72.0 Å². The number of hydrogen-bond acceptors (Lipinski definition) is 0. The van der Waals surface area contributed by atoms with Crippen LogP contribution < -0.4 is 0 Å². The van der Waals surface area contributed by atoms with Gasteiger partial charge in [-0.1, -0.05) is 49.4 Å². The highest BCUT2D eigenvalue weighted by atomic mass is 127. The summed E-state index contributed by atoms with van der Waals surface area (Å²) in [4.78, 5) is 0. The summed E-state index contributed by atoms with van der Waals surface area (Å²) in [5, 5.41) is 0. The Morgan fingerprint density at radius 3 is 2.50 bits per heavy atom. The Balaban J connectivity index is 2.35. The Kier molecular flexibility index (Phi) is 3.06. The lowest BCUT2D eigenvalue weighted by Gasteiger charge is -2.19. The normalized spacial score (nSPS) is 21.4. The Bertz CT molecular complexity index is 373. The van der Waals surface area contributed by atoms with E-state index in [-0.39, 0.29) is 0 Å². The Labute approximate surface area is 98.9 Å². The van der Waals surface area contributed by atoms with Crippen LogP contribution in [-0.4, -0.2) is 0 Å². The first kappa shape index (κ1) is 9.97. The summed E-state index contributed by atoms with van der Waals surface area (Å²) in [5.41, 5.74) is 2.83. The molecule has 0 N–H and O–H groups in total. The fourth-order valence-electron chi connectivity index (χ4n) is 1.83. The van der Waals surface area contributed by atoms with Crippen molar-refractivity contribution in [3.63, 3.8) is 0 Å². The molecule has 1 atom stereocenters. The topological polar surface area (TPSA) is 0 Å². The van der Waals surface area contributed by atoms with Gasteiger partial charge in [0.05, 0.1) is 0 Å². The Morgan fingerprint density at radius 2 is 1.86 bits per heavy atom. The van der Waals surface area contributed by atoms with Crippen LogP contribution in [0, 0.1) is 5.92 Å². The van der Waals surface area contributed by atoms with Crippen molar-refractivity contribution in [3.05, 3.63) is 51.6 Å². The molecule has 0 aromatic heterocycles. The highest BCUT2D eigenvalue weighted by Crippen LogP contribution is 2.34. The van der Waals surface area contributed by atoms with E-state index in [1.807, 2.05) is 0 Å². The number of rotatable bonds is 1. The molecule has 0 spiro atoms. The maximum Gasteiger partial charge on any atom is -0.00880 e. The van der Waals surface area contributed by atoms with Gasteiger partial charge in [-0.2, -0.15) is 0 Å². The van der Waals surface area contributed by atoms with E-state index in [0.717, 1.165) is 0 Å². The molecule has 1 aliphatic carbocycles. The van der Waals surface area contributed by atoms with Gasteiger partial charge >= 0.3 is 0 Å². The minimum absolute atomic E-state index is 0.648. The summed E-state index contributed by atoms with van der Waals surface area (Å²) in [6.07, 6.45) is 5.66. The number of hydrogen-bond donors (Lipinski definition) is 0. The molecule has 1 aromatic rings. The lowest BCUT2D eigenvalue weighted by atomic mass is 9.88. The lowest BCUT2D eigenvalue weighted by Crippen LogP contribution is -2.02. The zero-order chi connectivity index (χ0) is 9.97. The van der Waals surface area contributed by atoms with Gasteiger partial charge in [0, 0.05) is 0 Å². The van der Waals surface area contributed by atoms with Crippen molar-refractivity contribution in [1.82, 2.24) is 0 Å². The fraction of sp³-hybridized carbons (Fsp3) is 0.231. The standard InChI is InChI=1S/C13H13I/c1-10-9-12(14)7-8-13(10)11-5-3-2-4-6-11/h2-8,10H,9H2,1H3/t10-/m0/s1. The van der Waals surface area contributed by atoms with Gasteiger partial charge in [-0.15, -0.1) is 0 Å². The molecule has 0 aliphatic heterocycles. The van der Waals surface area contributed by atoms with Gasteiger partial charge in [0.25, 0.3) is 0 Å². The van der Waals surface area contributed by atoms with Crippen LogP contribution in [0.5, 0.6) is 0 Å². The molecule has 0 saturated heterocycles. The third-order valence-electron chi connectivity index (χ3n) is 2.58. The molecule has 72 valence electrons. The second-order valence-electron chi connectivity index (χ2n) is 3.71. The molecule has 2 rings (SSSR count). The summed E-state index contributed by atoms with van der Waals surface area (Å²) < 4.78 is 1.45. The average Bonchev–Trinajstić information content (AvgIpc) is 2.19. The smallest absolute Gasteiger partial charge is 0.00880 e. The van der Waals surface area contributed by atoms with Gasteiger partial charge in [-0.25, -0.2) is 0 Å². The molecule has 0 nitrogen and oxygen atoms in total. The van der Waals surface area contributed by atoms with Crippen LogP contribution in [0.4, 0.5) is 0 Å². The van der Waals surface area contributed by atoms with Crippen molar-refractivity contribution in [2.75, 3.05) is 0 Å². The van der Waals surface area contributed by atoms with E-state index in [9.17, 15) is 0 Å². The molecule has 14 heavy (non-hydrogen) atoms. The van der Waals surface area contributed by atoms with Crippen LogP contribution in [0.2, 0.25) is 0 Å². The monoisotopic (exact) mass is 296 g/mol. The van der Waals surface area contributed by atoms with Gasteiger partial charge in [-0.05, 0) is 49.6 Å². The first-order chi connectivity index (χ1) is 6.77. The number of halogens is 1. The molecule has 0 saturated carbocycles. The van der Waals surface area contributed by atoms with E-state index < -0.39 is 0 Å². The van der Waals surface area contributed by atoms with Crippen molar-refractivity contribution in [2.45, 2.75) is 13.3 Å². The van der Waals surface area contributed by atoms with Crippen LogP contribution in [0.25, 0.3) is 5.57 Å². The molecule has 1 aromatic carbocycles. The van der Waals surface area contributed by atoms with Crippen molar-refractivity contribution in [1.29, 1.82) is 0 Å². The van der Waals surface area contributed by atoms with Gasteiger partial charge in [0.2, 0.25) is 0 Å². The third-order valence-corrected chi connectivity index (χ3v) is 3.38. The summed E-state index contributed by atoms with van der Waals surface area (Å²) in [7, 11) is 0. The predicted octanol–water partition coefficient (Wildman–Crippen LogP) is 4.43. The second kappa shape index (κ2) is 4.30. The van der Waals surface area contributed by atoms with Crippen molar-refractivity contribution >= 4 is 28.2 Å².